The number of amides is 2. The van der Waals surface area contributed by atoms with E-state index in [0.717, 1.165) is 24.0 Å². The molecule has 0 radical (unpaired) electrons. The number of nitrogens with one attached hydrogen (secondary N) is 1. The van der Waals surface area contributed by atoms with Gasteiger partial charge in [-0.3, -0.25) is 9.59 Å². The van der Waals surface area contributed by atoms with Crippen LogP contribution in [0.15, 0.2) is 48.5 Å². The average molecular weight is 439 g/mol. The van der Waals surface area contributed by atoms with Crippen LogP contribution in [-0.2, 0) is 16.1 Å². The van der Waals surface area contributed by atoms with Crippen LogP contribution in [0.25, 0.3) is 0 Å². The Morgan fingerprint density at radius 2 is 1.66 bits per heavy atom. The smallest absolute Gasteiger partial charge is 0.261 e. The summed E-state index contributed by atoms with van der Waals surface area (Å²) in [5, 5.41) is 2.98. The molecule has 0 aliphatic heterocycles. The van der Waals surface area contributed by atoms with Crippen molar-refractivity contribution in [1.82, 2.24) is 10.2 Å². The number of ether oxygens (including phenoxy) is 1. The predicted octanol–water partition coefficient (Wildman–Crippen LogP) is 5.22. The van der Waals surface area contributed by atoms with Crippen LogP contribution < -0.4 is 10.1 Å². The SMILES string of the molecule is CCCCNC(=O)C(CC)N(Cc1ccc(C)cc1)C(=O)COc1ccc(C(C)C)cc1. The second-order valence-corrected chi connectivity index (χ2v) is 8.59. The van der Waals surface area contributed by atoms with Crippen LogP contribution in [0, 0.1) is 6.92 Å². The maximum atomic E-state index is 13.2. The van der Waals surface area contributed by atoms with Crippen LogP contribution in [0.1, 0.15) is 69.6 Å². The highest BCUT2D eigenvalue weighted by Gasteiger charge is 2.28. The first kappa shape index (κ1) is 25.4. The van der Waals surface area contributed by atoms with E-state index in [0.29, 0.717) is 31.2 Å². The fraction of sp³-hybridized carbons (Fsp3) is 0.481. The Hall–Kier alpha value is -2.82. The minimum absolute atomic E-state index is 0.106. The van der Waals surface area contributed by atoms with E-state index in [-0.39, 0.29) is 18.4 Å². The van der Waals surface area contributed by atoms with Gasteiger partial charge in [0.25, 0.3) is 5.91 Å². The molecule has 0 aliphatic carbocycles. The molecule has 0 aromatic heterocycles. The summed E-state index contributed by atoms with van der Waals surface area (Å²) in [4.78, 5) is 27.7. The van der Waals surface area contributed by atoms with Crippen LogP contribution in [0.5, 0.6) is 5.75 Å². The van der Waals surface area contributed by atoms with Gasteiger partial charge in [0.05, 0.1) is 0 Å². The number of hydrogen-bond donors (Lipinski definition) is 1. The molecule has 2 amide bonds. The van der Waals surface area contributed by atoms with Crippen molar-refractivity contribution in [2.75, 3.05) is 13.2 Å². The number of aryl methyl sites for hydroxylation is 1. The van der Waals surface area contributed by atoms with E-state index in [1.807, 2.05) is 62.4 Å². The van der Waals surface area contributed by atoms with Crippen molar-refractivity contribution in [2.24, 2.45) is 0 Å². The maximum absolute atomic E-state index is 13.2. The molecule has 0 saturated carbocycles. The molecule has 0 heterocycles. The lowest BCUT2D eigenvalue weighted by molar-refractivity contribution is -0.143. The van der Waals surface area contributed by atoms with Crippen LogP contribution >= 0.6 is 0 Å². The van der Waals surface area contributed by atoms with E-state index < -0.39 is 6.04 Å². The molecule has 5 nitrogen and oxygen atoms in total. The van der Waals surface area contributed by atoms with E-state index in [2.05, 4.69) is 26.1 Å². The Morgan fingerprint density at radius 3 is 2.22 bits per heavy atom. The van der Waals surface area contributed by atoms with Crippen LogP contribution in [0.3, 0.4) is 0 Å². The molecule has 2 aromatic rings. The van der Waals surface area contributed by atoms with Crippen LogP contribution in [-0.4, -0.2) is 35.9 Å². The average Bonchev–Trinajstić information content (AvgIpc) is 2.79. The number of nitrogens with zero attached hydrogens (tertiary/aromatic N) is 1. The van der Waals surface area contributed by atoms with Gasteiger partial charge < -0.3 is 15.0 Å². The molecule has 2 rings (SSSR count). The van der Waals surface area contributed by atoms with Crippen molar-refractivity contribution < 1.29 is 14.3 Å². The topological polar surface area (TPSA) is 58.6 Å². The van der Waals surface area contributed by atoms with E-state index in [9.17, 15) is 9.59 Å². The fourth-order valence-corrected chi connectivity index (χ4v) is 3.49. The second kappa shape index (κ2) is 12.9. The summed E-state index contributed by atoms with van der Waals surface area (Å²) < 4.78 is 5.79. The Kier molecular flexibility index (Phi) is 10.3. The van der Waals surface area contributed by atoms with Gasteiger partial charge in [-0.25, -0.2) is 0 Å². The largest absolute Gasteiger partial charge is 0.484 e. The van der Waals surface area contributed by atoms with Gasteiger partial charge in [-0.2, -0.15) is 0 Å². The molecule has 1 unspecified atom stereocenters. The highest BCUT2D eigenvalue weighted by molar-refractivity contribution is 5.88. The van der Waals surface area contributed by atoms with Crippen molar-refractivity contribution in [3.05, 3.63) is 65.2 Å². The maximum Gasteiger partial charge on any atom is 0.261 e. The third kappa shape index (κ3) is 7.70. The van der Waals surface area contributed by atoms with Crippen LogP contribution in [0.4, 0.5) is 0 Å². The fourth-order valence-electron chi connectivity index (χ4n) is 3.49. The summed E-state index contributed by atoms with van der Waals surface area (Å²) in [5.74, 6) is 0.782. The Labute approximate surface area is 193 Å². The Balaban J connectivity index is 2.14. The van der Waals surface area contributed by atoms with Gasteiger partial charge >= 0.3 is 0 Å². The second-order valence-electron chi connectivity index (χ2n) is 8.59. The monoisotopic (exact) mass is 438 g/mol. The van der Waals surface area contributed by atoms with E-state index in [1.54, 1.807) is 4.90 Å². The zero-order valence-electron chi connectivity index (χ0n) is 20.2. The van der Waals surface area contributed by atoms with E-state index in [1.165, 1.54) is 5.56 Å². The molecular weight excluding hydrogens is 400 g/mol. The van der Waals surface area contributed by atoms with Crippen molar-refractivity contribution >= 4 is 11.8 Å². The summed E-state index contributed by atoms with van der Waals surface area (Å²) in [5.41, 5.74) is 3.37. The first-order valence-corrected chi connectivity index (χ1v) is 11.7. The van der Waals surface area contributed by atoms with E-state index in [4.69, 9.17) is 4.74 Å². The number of hydrogen-bond acceptors (Lipinski definition) is 3. The standard InChI is InChI=1S/C27H38N2O3/c1-6-8-17-28-27(31)25(7-2)29(18-22-11-9-21(5)10-12-22)26(30)19-32-24-15-13-23(14-16-24)20(3)4/h9-16,20,25H,6-8,17-19H2,1-5H3,(H,28,31). The summed E-state index contributed by atoms with van der Waals surface area (Å²) in [6.07, 6.45) is 2.47. The first-order valence-electron chi connectivity index (χ1n) is 11.7. The summed E-state index contributed by atoms with van der Waals surface area (Å²) in [6, 6.07) is 15.3. The van der Waals surface area contributed by atoms with Gasteiger partial charge in [0, 0.05) is 13.1 Å². The Bertz CT molecular complexity index is 844. The highest BCUT2D eigenvalue weighted by atomic mass is 16.5. The highest BCUT2D eigenvalue weighted by Crippen LogP contribution is 2.19. The van der Waals surface area contributed by atoms with E-state index >= 15 is 0 Å². The van der Waals surface area contributed by atoms with Gasteiger partial charge in [0.1, 0.15) is 11.8 Å². The molecule has 174 valence electrons. The first-order chi connectivity index (χ1) is 15.3. The molecule has 5 heteroatoms. The van der Waals surface area contributed by atoms with Crippen molar-refractivity contribution in [2.45, 2.75) is 72.4 Å². The minimum atomic E-state index is -0.535. The van der Waals surface area contributed by atoms with Gasteiger partial charge in [-0.15, -0.1) is 0 Å². The predicted molar refractivity (Wildman–Crippen MR) is 130 cm³/mol. The van der Waals surface area contributed by atoms with Gasteiger partial charge in [-0.1, -0.05) is 76.1 Å². The van der Waals surface area contributed by atoms with Crippen molar-refractivity contribution in [3.8, 4) is 5.75 Å². The summed E-state index contributed by atoms with van der Waals surface area (Å²) in [6.45, 7) is 11.2. The van der Waals surface area contributed by atoms with Gasteiger partial charge in [0.15, 0.2) is 6.61 Å². The zero-order chi connectivity index (χ0) is 23.5. The minimum Gasteiger partial charge on any atom is -0.484 e. The van der Waals surface area contributed by atoms with Gasteiger partial charge in [0.2, 0.25) is 5.91 Å². The Morgan fingerprint density at radius 1 is 1.00 bits per heavy atom. The van der Waals surface area contributed by atoms with Crippen molar-refractivity contribution in [1.29, 1.82) is 0 Å². The summed E-state index contributed by atoms with van der Waals surface area (Å²) in [7, 11) is 0. The number of benzene rings is 2. The molecule has 2 aromatic carbocycles. The number of carbonyl (C=O) groups is 2. The lowest BCUT2D eigenvalue weighted by atomic mass is 10.0. The molecule has 0 fully saturated rings. The molecular formula is C27H38N2O3. The molecule has 0 bridgehead atoms. The number of rotatable bonds is 12. The molecule has 0 spiro atoms. The molecule has 32 heavy (non-hydrogen) atoms. The lowest BCUT2D eigenvalue weighted by Crippen LogP contribution is -2.50. The third-order valence-corrected chi connectivity index (χ3v) is 5.60. The molecule has 0 aliphatic rings. The quantitative estimate of drug-likeness (QED) is 0.462. The van der Waals surface area contributed by atoms with Gasteiger partial charge in [-0.05, 0) is 48.9 Å². The molecule has 1 atom stereocenters. The summed E-state index contributed by atoms with van der Waals surface area (Å²) >= 11 is 0. The molecule has 1 N–H and O–H groups in total. The van der Waals surface area contributed by atoms with Crippen LogP contribution in [0.2, 0.25) is 0 Å². The lowest BCUT2D eigenvalue weighted by Gasteiger charge is -2.30. The third-order valence-electron chi connectivity index (χ3n) is 5.60. The normalized spacial score (nSPS) is 11.8. The zero-order valence-corrected chi connectivity index (χ0v) is 20.2. The number of carbonyl (C=O) groups excluding carboxylic acids is 2. The number of unbranched alkanes of at least 4 members (excludes halogenated alkanes) is 1. The van der Waals surface area contributed by atoms with Crippen molar-refractivity contribution in [3.63, 3.8) is 0 Å². The molecule has 0 saturated heterocycles.